The van der Waals surface area contributed by atoms with Crippen molar-refractivity contribution in [2.24, 2.45) is 5.92 Å². The molecule has 0 amide bonds. The van der Waals surface area contributed by atoms with Gasteiger partial charge in [-0.3, -0.25) is 0 Å². The number of aromatic nitrogens is 1. The smallest absolute Gasteiger partial charge is 0.186 e. The van der Waals surface area contributed by atoms with Crippen LogP contribution in [0.25, 0.3) is 11.3 Å². The van der Waals surface area contributed by atoms with Gasteiger partial charge in [0.1, 0.15) is 0 Å². The molecule has 31 heavy (non-hydrogen) atoms. The molecule has 0 aliphatic heterocycles. The highest BCUT2D eigenvalue weighted by Gasteiger charge is 2.33. The van der Waals surface area contributed by atoms with Gasteiger partial charge in [0.05, 0.1) is 16.8 Å². The van der Waals surface area contributed by atoms with Gasteiger partial charge in [0.15, 0.2) is 5.13 Å². The number of hydrogen-bond acceptors (Lipinski definition) is 4. The Morgan fingerprint density at radius 2 is 1.97 bits per heavy atom. The average Bonchev–Trinajstić information content (AvgIpc) is 3.51. The van der Waals surface area contributed by atoms with Gasteiger partial charge >= 0.3 is 0 Å². The highest BCUT2D eigenvalue weighted by atomic mass is 35.5. The Kier molecular flexibility index (Phi) is 7.22. The largest absolute Gasteiger partial charge is 0.376 e. The van der Waals surface area contributed by atoms with E-state index in [4.69, 9.17) is 32.9 Å². The number of halogens is 2. The number of nitrogens with zero attached hydrogens (tertiary/aromatic N) is 2. The molecule has 2 aromatic carbocycles. The number of thiazole rings is 1. The summed E-state index contributed by atoms with van der Waals surface area (Å²) in [5, 5.41) is 2.29. The van der Waals surface area contributed by atoms with Gasteiger partial charge in [-0.05, 0) is 61.4 Å². The average molecular weight is 475 g/mol. The van der Waals surface area contributed by atoms with Crippen molar-refractivity contribution in [1.29, 1.82) is 0 Å². The van der Waals surface area contributed by atoms with Crippen molar-refractivity contribution in [3.63, 3.8) is 0 Å². The van der Waals surface area contributed by atoms with Crippen LogP contribution in [0, 0.1) is 12.8 Å². The van der Waals surface area contributed by atoms with Crippen molar-refractivity contribution in [2.75, 3.05) is 18.6 Å². The zero-order valence-electron chi connectivity index (χ0n) is 18.2. The molecule has 1 aromatic heterocycles. The van der Waals surface area contributed by atoms with E-state index in [-0.39, 0.29) is 6.10 Å². The first-order valence-corrected chi connectivity index (χ1v) is 12.4. The van der Waals surface area contributed by atoms with Crippen molar-refractivity contribution in [2.45, 2.75) is 45.8 Å². The highest BCUT2D eigenvalue weighted by molar-refractivity contribution is 7.16. The summed E-state index contributed by atoms with van der Waals surface area (Å²) in [4.78, 5) is 8.55. The molecular formula is C25H28Cl2N2OS. The fourth-order valence-corrected chi connectivity index (χ4v) is 5.54. The van der Waals surface area contributed by atoms with Gasteiger partial charge in [0, 0.05) is 35.7 Å². The maximum absolute atomic E-state index is 6.48. The number of aryl methyl sites for hydroxylation is 1. The van der Waals surface area contributed by atoms with Crippen molar-refractivity contribution in [3.05, 3.63) is 68.5 Å². The van der Waals surface area contributed by atoms with Crippen LogP contribution < -0.4 is 4.90 Å². The van der Waals surface area contributed by atoms with Gasteiger partial charge in [-0.15, -0.1) is 11.3 Å². The molecule has 3 aromatic rings. The molecule has 4 rings (SSSR count). The van der Waals surface area contributed by atoms with E-state index < -0.39 is 0 Å². The summed E-state index contributed by atoms with van der Waals surface area (Å²) >= 11 is 14.3. The molecule has 164 valence electrons. The van der Waals surface area contributed by atoms with Crippen LogP contribution in [0.5, 0.6) is 0 Å². The first kappa shape index (κ1) is 22.6. The maximum atomic E-state index is 6.48. The van der Waals surface area contributed by atoms with Crippen LogP contribution in [-0.2, 0) is 11.3 Å². The minimum Gasteiger partial charge on any atom is -0.376 e. The van der Waals surface area contributed by atoms with Crippen LogP contribution in [0.3, 0.4) is 0 Å². The van der Waals surface area contributed by atoms with E-state index in [2.05, 4.69) is 43.0 Å². The van der Waals surface area contributed by atoms with E-state index in [1.165, 1.54) is 24.0 Å². The molecular weight excluding hydrogens is 447 g/mol. The van der Waals surface area contributed by atoms with Crippen LogP contribution >= 0.6 is 34.5 Å². The second-order valence-electron chi connectivity index (χ2n) is 8.14. The Bertz CT molecular complexity index is 1050. The zero-order valence-corrected chi connectivity index (χ0v) is 20.5. The molecule has 0 bridgehead atoms. The summed E-state index contributed by atoms with van der Waals surface area (Å²) in [6.07, 6.45) is 3.74. The first-order valence-electron chi connectivity index (χ1n) is 10.8. The summed E-state index contributed by atoms with van der Waals surface area (Å²) in [6, 6.07) is 14.3. The second kappa shape index (κ2) is 9.91. The Morgan fingerprint density at radius 3 is 2.65 bits per heavy atom. The standard InChI is InChI=1S/C25H28Cl2N2OS/c1-4-13-29(15-18-7-5-6-8-20(18)24(30-3)17-9-10-17)25-28-23(16(2)31-25)21-12-11-19(26)14-22(21)27/h5-8,11-12,14,17,24H,4,9-10,13,15H2,1-3H3. The molecule has 0 spiro atoms. The molecule has 1 saturated carbocycles. The van der Waals surface area contributed by atoms with Gasteiger partial charge in [0.2, 0.25) is 0 Å². The molecule has 0 radical (unpaired) electrons. The van der Waals surface area contributed by atoms with Gasteiger partial charge < -0.3 is 9.64 Å². The lowest BCUT2D eigenvalue weighted by Gasteiger charge is -2.25. The second-order valence-corrected chi connectivity index (χ2v) is 10.2. The van der Waals surface area contributed by atoms with E-state index in [0.717, 1.165) is 40.8 Å². The summed E-state index contributed by atoms with van der Waals surface area (Å²) < 4.78 is 5.90. The van der Waals surface area contributed by atoms with E-state index in [0.29, 0.717) is 16.0 Å². The minimum absolute atomic E-state index is 0.182. The molecule has 1 aliphatic carbocycles. The third-order valence-electron chi connectivity index (χ3n) is 5.76. The summed E-state index contributed by atoms with van der Waals surface area (Å²) in [7, 11) is 1.83. The predicted octanol–water partition coefficient (Wildman–Crippen LogP) is 7.94. The van der Waals surface area contributed by atoms with E-state index in [9.17, 15) is 0 Å². The lowest BCUT2D eigenvalue weighted by Crippen LogP contribution is -2.24. The van der Waals surface area contributed by atoms with Gasteiger partial charge in [-0.1, -0.05) is 54.4 Å². The first-order chi connectivity index (χ1) is 15.0. The molecule has 1 aliphatic rings. The van der Waals surface area contributed by atoms with Crippen molar-refractivity contribution < 1.29 is 4.74 Å². The van der Waals surface area contributed by atoms with Gasteiger partial charge in [-0.2, -0.15) is 0 Å². The third kappa shape index (κ3) is 5.09. The van der Waals surface area contributed by atoms with E-state index in [1.807, 2.05) is 19.2 Å². The normalized spacial score (nSPS) is 14.6. The Labute approximate surface area is 199 Å². The quantitative estimate of drug-likeness (QED) is 0.314. The van der Waals surface area contributed by atoms with Crippen LogP contribution in [0.15, 0.2) is 42.5 Å². The summed E-state index contributed by atoms with van der Waals surface area (Å²) in [5.41, 5.74) is 4.48. The fourth-order valence-electron chi connectivity index (χ4n) is 4.10. The maximum Gasteiger partial charge on any atom is 0.186 e. The highest BCUT2D eigenvalue weighted by Crippen LogP contribution is 2.44. The molecule has 1 heterocycles. The molecule has 0 saturated heterocycles. The van der Waals surface area contributed by atoms with Gasteiger partial charge in [0.25, 0.3) is 0 Å². The van der Waals surface area contributed by atoms with E-state index >= 15 is 0 Å². The minimum atomic E-state index is 0.182. The molecule has 0 N–H and O–H groups in total. The van der Waals surface area contributed by atoms with Crippen molar-refractivity contribution in [3.8, 4) is 11.3 Å². The summed E-state index contributed by atoms with van der Waals surface area (Å²) in [5.74, 6) is 0.645. The number of ether oxygens (including phenoxy) is 1. The predicted molar refractivity (Wildman–Crippen MR) is 133 cm³/mol. The monoisotopic (exact) mass is 474 g/mol. The Balaban J connectivity index is 1.65. The fraction of sp³-hybridized carbons (Fsp3) is 0.400. The van der Waals surface area contributed by atoms with Gasteiger partial charge in [-0.25, -0.2) is 4.98 Å². The number of rotatable bonds is 9. The zero-order chi connectivity index (χ0) is 22.0. The molecule has 1 fully saturated rings. The van der Waals surface area contributed by atoms with Crippen LogP contribution in [0.1, 0.15) is 48.3 Å². The lowest BCUT2D eigenvalue weighted by atomic mass is 9.98. The Hall–Kier alpha value is -1.59. The molecule has 1 unspecified atom stereocenters. The molecule has 6 heteroatoms. The number of methoxy groups -OCH3 is 1. The van der Waals surface area contributed by atoms with Crippen molar-refractivity contribution >= 4 is 39.7 Å². The lowest BCUT2D eigenvalue weighted by molar-refractivity contribution is 0.0838. The van der Waals surface area contributed by atoms with Crippen LogP contribution in [-0.4, -0.2) is 18.6 Å². The molecule has 3 nitrogen and oxygen atoms in total. The van der Waals surface area contributed by atoms with Crippen LogP contribution in [0.4, 0.5) is 5.13 Å². The van der Waals surface area contributed by atoms with E-state index in [1.54, 1.807) is 17.4 Å². The SMILES string of the molecule is CCCN(Cc1ccccc1C(OC)C1CC1)c1nc(-c2ccc(Cl)cc2Cl)c(C)s1. The van der Waals surface area contributed by atoms with Crippen molar-refractivity contribution in [1.82, 2.24) is 4.98 Å². The number of hydrogen-bond donors (Lipinski definition) is 0. The number of benzene rings is 2. The number of anilines is 1. The molecule has 1 atom stereocenters. The summed E-state index contributed by atoms with van der Waals surface area (Å²) in [6.45, 7) is 6.07. The topological polar surface area (TPSA) is 25.4 Å². The third-order valence-corrected chi connectivity index (χ3v) is 7.34. The van der Waals surface area contributed by atoms with Crippen LogP contribution in [0.2, 0.25) is 10.0 Å². The Morgan fingerprint density at radius 1 is 1.19 bits per heavy atom.